The van der Waals surface area contributed by atoms with E-state index in [2.05, 4.69) is 26.5 Å². The van der Waals surface area contributed by atoms with Gasteiger partial charge in [0.15, 0.2) is 6.61 Å². The van der Waals surface area contributed by atoms with Crippen LogP contribution in [0.25, 0.3) is 0 Å². The number of halogens is 2. The number of nitrogens with one attached hydrogen (secondary N) is 1. The van der Waals surface area contributed by atoms with Crippen molar-refractivity contribution in [1.29, 1.82) is 0 Å². The number of carbonyl (C=O) groups is 2. The number of nitrogens with zero attached hydrogens (tertiary/aromatic N) is 1. The molecule has 6 nitrogen and oxygen atoms in total. The van der Waals surface area contributed by atoms with Crippen molar-refractivity contribution in [3.63, 3.8) is 0 Å². The molecular weight excluding hydrogens is 472 g/mol. The summed E-state index contributed by atoms with van der Waals surface area (Å²) in [6.07, 6.45) is 1.38. The molecule has 0 saturated carbocycles. The van der Waals surface area contributed by atoms with Crippen LogP contribution >= 0.6 is 27.5 Å². The van der Waals surface area contributed by atoms with Crippen LogP contribution in [0.3, 0.4) is 0 Å². The quantitative estimate of drug-likeness (QED) is 0.224. The van der Waals surface area contributed by atoms with Gasteiger partial charge in [-0.15, -0.1) is 0 Å². The van der Waals surface area contributed by atoms with Crippen LogP contribution in [-0.4, -0.2) is 24.7 Å². The average molecular weight is 488 g/mol. The third kappa shape index (κ3) is 6.43. The minimum absolute atomic E-state index is 0.230. The zero-order valence-electron chi connectivity index (χ0n) is 15.5. The summed E-state index contributed by atoms with van der Waals surface area (Å²) in [6, 6.07) is 20.5. The van der Waals surface area contributed by atoms with Gasteiger partial charge in [0.2, 0.25) is 0 Å². The van der Waals surface area contributed by atoms with Crippen LogP contribution < -0.4 is 14.9 Å². The zero-order valence-corrected chi connectivity index (χ0v) is 17.9. The van der Waals surface area contributed by atoms with Crippen molar-refractivity contribution in [3.8, 4) is 11.5 Å². The molecule has 3 rings (SSSR count). The van der Waals surface area contributed by atoms with Gasteiger partial charge in [-0.1, -0.05) is 51.8 Å². The lowest BCUT2D eigenvalue weighted by molar-refractivity contribution is -0.123. The van der Waals surface area contributed by atoms with Crippen LogP contribution in [0.15, 0.2) is 82.4 Å². The number of amides is 1. The Hall–Kier alpha value is -3.16. The van der Waals surface area contributed by atoms with Crippen LogP contribution in [0.4, 0.5) is 0 Å². The monoisotopic (exact) mass is 486 g/mol. The second kappa shape index (κ2) is 10.6. The Kier molecular flexibility index (Phi) is 7.59. The molecule has 3 aromatic carbocycles. The summed E-state index contributed by atoms with van der Waals surface area (Å²) in [5, 5.41) is 4.42. The molecule has 0 bridgehead atoms. The summed E-state index contributed by atoms with van der Waals surface area (Å²) >= 11 is 9.24. The lowest BCUT2D eigenvalue weighted by Crippen LogP contribution is -2.24. The molecule has 0 aliphatic rings. The van der Waals surface area contributed by atoms with Crippen LogP contribution in [0.1, 0.15) is 15.9 Å². The second-order valence-corrected chi connectivity index (χ2v) is 7.33. The highest BCUT2D eigenvalue weighted by Gasteiger charge is 2.11. The fourth-order valence-corrected chi connectivity index (χ4v) is 2.92. The Morgan fingerprint density at radius 1 is 1.03 bits per heavy atom. The third-order valence-corrected chi connectivity index (χ3v) is 4.47. The minimum Gasteiger partial charge on any atom is -0.484 e. The van der Waals surface area contributed by atoms with E-state index in [0.29, 0.717) is 27.6 Å². The van der Waals surface area contributed by atoms with Gasteiger partial charge in [0.25, 0.3) is 5.91 Å². The van der Waals surface area contributed by atoms with Crippen LogP contribution in [0.5, 0.6) is 11.5 Å². The maximum absolute atomic E-state index is 12.3. The summed E-state index contributed by atoms with van der Waals surface area (Å²) in [4.78, 5) is 24.2. The van der Waals surface area contributed by atoms with Gasteiger partial charge in [0, 0.05) is 15.1 Å². The van der Waals surface area contributed by atoms with E-state index in [9.17, 15) is 9.59 Å². The highest BCUT2D eigenvalue weighted by atomic mass is 79.9. The molecule has 3 aromatic rings. The fraction of sp³-hybridized carbons (Fsp3) is 0.0455. The molecule has 0 aromatic heterocycles. The van der Waals surface area contributed by atoms with Gasteiger partial charge in [-0.2, -0.15) is 5.10 Å². The number of hydrogen-bond acceptors (Lipinski definition) is 5. The number of carbonyl (C=O) groups excluding carboxylic acids is 2. The summed E-state index contributed by atoms with van der Waals surface area (Å²) in [5.41, 5.74) is 3.29. The largest absolute Gasteiger partial charge is 0.484 e. The first kappa shape index (κ1) is 21.5. The maximum atomic E-state index is 12.3. The predicted molar refractivity (Wildman–Crippen MR) is 118 cm³/mol. The Morgan fingerprint density at radius 3 is 2.60 bits per heavy atom. The standard InChI is InChI=1S/C22H16BrClN2O4/c23-17-9-10-20(30-22(28)15-5-2-1-3-6-15)16(11-17)13-25-26-21(27)14-29-19-8-4-7-18(24)12-19/h1-13H,14H2,(H,26,27)/b25-13+. The average Bonchev–Trinajstić information content (AvgIpc) is 2.75. The van der Waals surface area contributed by atoms with Crippen molar-refractivity contribution in [2.75, 3.05) is 6.61 Å². The van der Waals surface area contributed by atoms with Crippen molar-refractivity contribution >= 4 is 45.6 Å². The topological polar surface area (TPSA) is 77.0 Å². The third-order valence-electron chi connectivity index (χ3n) is 3.74. The van der Waals surface area contributed by atoms with Gasteiger partial charge < -0.3 is 9.47 Å². The number of ether oxygens (including phenoxy) is 2. The van der Waals surface area contributed by atoms with Gasteiger partial charge in [-0.3, -0.25) is 4.79 Å². The molecule has 1 N–H and O–H groups in total. The van der Waals surface area contributed by atoms with Gasteiger partial charge in [-0.05, 0) is 48.5 Å². The molecule has 0 saturated heterocycles. The van der Waals surface area contributed by atoms with Crippen molar-refractivity contribution < 1.29 is 19.1 Å². The van der Waals surface area contributed by atoms with Crippen molar-refractivity contribution in [1.82, 2.24) is 5.43 Å². The number of hydrazone groups is 1. The maximum Gasteiger partial charge on any atom is 0.343 e. The van der Waals surface area contributed by atoms with E-state index < -0.39 is 11.9 Å². The summed E-state index contributed by atoms with van der Waals surface area (Å²) in [5.74, 6) is -0.167. The summed E-state index contributed by atoms with van der Waals surface area (Å²) in [6.45, 7) is -0.230. The first-order chi connectivity index (χ1) is 14.5. The Bertz CT molecular complexity index is 1070. The van der Waals surface area contributed by atoms with Crippen molar-refractivity contribution in [2.24, 2.45) is 5.10 Å². The summed E-state index contributed by atoms with van der Waals surface area (Å²) in [7, 11) is 0. The van der Waals surface area contributed by atoms with E-state index in [-0.39, 0.29) is 6.61 Å². The lowest BCUT2D eigenvalue weighted by Gasteiger charge is -2.08. The second-order valence-electron chi connectivity index (χ2n) is 5.98. The highest BCUT2D eigenvalue weighted by Crippen LogP contribution is 2.23. The zero-order chi connectivity index (χ0) is 21.3. The molecule has 8 heteroatoms. The number of hydrogen-bond donors (Lipinski definition) is 1. The molecular formula is C22H16BrClN2O4. The smallest absolute Gasteiger partial charge is 0.343 e. The molecule has 0 heterocycles. The number of esters is 1. The predicted octanol–water partition coefficient (Wildman–Crippen LogP) is 4.85. The van der Waals surface area contributed by atoms with E-state index in [1.165, 1.54) is 6.21 Å². The molecule has 152 valence electrons. The molecule has 30 heavy (non-hydrogen) atoms. The van der Waals surface area contributed by atoms with Gasteiger partial charge >= 0.3 is 5.97 Å². The fourth-order valence-electron chi connectivity index (χ4n) is 2.36. The molecule has 1 amide bonds. The first-order valence-electron chi connectivity index (χ1n) is 8.78. The molecule has 0 unspecified atom stereocenters. The highest BCUT2D eigenvalue weighted by molar-refractivity contribution is 9.10. The lowest BCUT2D eigenvalue weighted by atomic mass is 10.2. The minimum atomic E-state index is -0.494. The van der Waals surface area contributed by atoms with Crippen LogP contribution in [-0.2, 0) is 4.79 Å². The Morgan fingerprint density at radius 2 is 1.83 bits per heavy atom. The molecule has 0 atom stereocenters. The van der Waals surface area contributed by atoms with Crippen LogP contribution in [0, 0.1) is 0 Å². The van der Waals surface area contributed by atoms with Gasteiger partial charge in [0.05, 0.1) is 11.8 Å². The molecule has 0 aliphatic heterocycles. The number of benzene rings is 3. The molecule has 0 spiro atoms. The normalized spacial score (nSPS) is 10.6. The molecule has 0 fully saturated rings. The summed E-state index contributed by atoms with van der Waals surface area (Å²) < 4.78 is 11.6. The molecule has 0 aliphatic carbocycles. The van der Waals surface area contributed by atoms with E-state index in [0.717, 1.165) is 4.47 Å². The Balaban J connectivity index is 1.61. The first-order valence-corrected chi connectivity index (χ1v) is 9.95. The number of rotatable bonds is 7. The van der Waals surface area contributed by atoms with Gasteiger partial charge in [-0.25, -0.2) is 10.2 Å². The van der Waals surface area contributed by atoms with E-state index in [1.807, 2.05) is 6.07 Å². The SMILES string of the molecule is O=C(COc1cccc(Cl)c1)N/N=C/c1cc(Br)ccc1OC(=O)c1ccccc1. The van der Waals surface area contributed by atoms with Gasteiger partial charge in [0.1, 0.15) is 11.5 Å². The van der Waals surface area contributed by atoms with E-state index in [1.54, 1.807) is 66.7 Å². The Labute approximate surface area is 186 Å². The van der Waals surface area contributed by atoms with Crippen molar-refractivity contribution in [3.05, 3.63) is 93.4 Å². The van der Waals surface area contributed by atoms with Crippen molar-refractivity contribution in [2.45, 2.75) is 0 Å². The molecule has 0 radical (unpaired) electrons. The van der Waals surface area contributed by atoms with E-state index >= 15 is 0 Å². The van der Waals surface area contributed by atoms with E-state index in [4.69, 9.17) is 21.1 Å². The van der Waals surface area contributed by atoms with Crippen LogP contribution in [0.2, 0.25) is 5.02 Å².